The van der Waals surface area contributed by atoms with Crippen molar-refractivity contribution in [1.82, 2.24) is 9.80 Å². The van der Waals surface area contributed by atoms with Crippen LogP contribution in [-0.2, 0) is 27.3 Å². The molecule has 2 heterocycles. The lowest BCUT2D eigenvalue weighted by atomic mass is 9.74. The lowest BCUT2D eigenvalue weighted by Crippen LogP contribution is -2.45. The number of aliphatic hydroxyl groups is 2. The number of aliphatic hydroxyl groups excluding tert-OH is 2. The summed E-state index contributed by atoms with van der Waals surface area (Å²) in [7, 11) is 0. The molecule has 2 aliphatic heterocycles. The normalized spacial score (nSPS) is 23.7. The summed E-state index contributed by atoms with van der Waals surface area (Å²) in [6.45, 7) is 2.76. The molecule has 0 saturated carbocycles. The Kier molecular flexibility index (Phi) is 9.88. The van der Waals surface area contributed by atoms with Crippen LogP contribution >= 0.6 is 0 Å². The van der Waals surface area contributed by atoms with E-state index in [-0.39, 0.29) is 37.9 Å². The topological polar surface area (TPSA) is 90.3 Å². The second-order valence-corrected chi connectivity index (χ2v) is 10.7. The fraction of sp³-hybridized carbons (Fsp3) is 0.533. The molecular formula is C30H39FN2O5. The van der Waals surface area contributed by atoms with Gasteiger partial charge in [0.25, 0.3) is 0 Å². The first kappa shape index (κ1) is 28.2. The van der Waals surface area contributed by atoms with Crippen LogP contribution in [0.1, 0.15) is 49.7 Å². The first-order valence-corrected chi connectivity index (χ1v) is 13.7. The molecule has 8 heteroatoms. The Labute approximate surface area is 224 Å². The van der Waals surface area contributed by atoms with Gasteiger partial charge in [-0.3, -0.25) is 14.5 Å². The van der Waals surface area contributed by atoms with Gasteiger partial charge in [0.2, 0.25) is 5.91 Å². The number of hydrogen-bond donors (Lipinski definition) is 2. The van der Waals surface area contributed by atoms with E-state index in [9.17, 15) is 24.2 Å². The molecule has 2 N–H and O–H groups in total. The largest absolute Gasteiger partial charge is 0.462 e. The molecule has 1 amide bonds. The van der Waals surface area contributed by atoms with Gasteiger partial charge >= 0.3 is 5.97 Å². The van der Waals surface area contributed by atoms with E-state index in [1.165, 1.54) is 11.6 Å². The molecule has 0 unspecified atom stereocenters. The number of rotatable bonds is 4. The molecule has 0 aromatic heterocycles. The molecule has 2 aromatic carbocycles. The van der Waals surface area contributed by atoms with Crippen LogP contribution in [0.3, 0.4) is 0 Å². The van der Waals surface area contributed by atoms with Gasteiger partial charge in [0, 0.05) is 19.6 Å². The lowest BCUT2D eigenvalue weighted by molar-refractivity contribution is -0.165. The average Bonchev–Trinajstić information content (AvgIpc) is 2.94. The molecule has 7 nitrogen and oxygen atoms in total. The van der Waals surface area contributed by atoms with Crippen LogP contribution in [0.4, 0.5) is 4.39 Å². The molecule has 2 atom stereocenters. The third-order valence-electron chi connectivity index (χ3n) is 8.00. The number of esters is 1. The van der Waals surface area contributed by atoms with Crippen molar-refractivity contribution in [2.45, 2.75) is 63.7 Å². The van der Waals surface area contributed by atoms with Crippen molar-refractivity contribution in [3.8, 4) is 0 Å². The van der Waals surface area contributed by atoms with Crippen LogP contribution in [0.25, 0.3) is 0 Å². The zero-order valence-corrected chi connectivity index (χ0v) is 21.9. The van der Waals surface area contributed by atoms with E-state index in [1.54, 1.807) is 23.1 Å². The fourth-order valence-corrected chi connectivity index (χ4v) is 5.49. The number of likely N-dealkylation sites (tertiary alicyclic amines) is 1. The zero-order chi connectivity index (χ0) is 27.0. The van der Waals surface area contributed by atoms with E-state index in [0.29, 0.717) is 37.8 Å². The van der Waals surface area contributed by atoms with E-state index < -0.39 is 23.4 Å². The Bertz CT molecular complexity index is 1060. The maximum Gasteiger partial charge on any atom is 0.312 e. The van der Waals surface area contributed by atoms with Crippen molar-refractivity contribution < 1.29 is 28.9 Å². The maximum absolute atomic E-state index is 14.1. The minimum absolute atomic E-state index is 0.0614. The highest BCUT2D eigenvalue weighted by Crippen LogP contribution is 2.38. The van der Waals surface area contributed by atoms with Crippen molar-refractivity contribution in [3.63, 3.8) is 0 Å². The van der Waals surface area contributed by atoms with Gasteiger partial charge in [-0.1, -0.05) is 55.0 Å². The number of nitrogens with zero attached hydrogens (tertiary/aromatic N) is 2. The minimum Gasteiger partial charge on any atom is -0.462 e. The number of carbonyl (C=O) groups excluding carboxylic acids is 2. The summed E-state index contributed by atoms with van der Waals surface area (Å²) >= 11 is 0. The van der Waals surface area contributed by atoms with E-state index in [2.05, 4.69) is 17.0 Å². The van der Waals surface area contributed by atoms with Crippen molar-refractivity contribution in [3.05, 3.63) is 71.5 Å². The van der Waals surface area contributed by atoms with Gasteiger partial charge in [-0.05, 0) is 62.4 Å². The van der Waals surface area contributed by atoms with Crippen molar-refractivity contribution in [2.75, 3.05) is 32.8 Å². The van der Waals surface area contributed by atoms with Gasteiger partial charge in [-0.2, -0.15) is 0 Å². The molecule has 2 aliphatic rings. The number of cyclic esters (lactones) is 1. The summed E-state index contributed by atoms with van der Waals surface area (Å²) < 4.78 is 19.7. The summed E-state index contributed by atoms with van der Waals surface area (Å²) in [5, 5.41) is 20.9. The van der Waals surface area contributed by atoms with Crippen LogP contribution in [0.5, 0.6) is 0 Å². The van der Waals surface area contributed by atoms with Crippen LogP contribution < -0.4 is 0 Å². The van der Waals surface area contributed by atoms with Gasteiger partial charge in [0.15, 0.2) is 0 Å². The van der Waals surface area contributed by atoms with Gasteiger partial charge < -0.3 is 19.8 Å². The SMILES string of the molecule is O=C(Cc1ccccc1F)N1CCCCC2(CCN(Cc3ccccc3)CC2)C(=O)OC[C@@H](O)[C@@H](O)CC1. The van der Waals surface area contributed by atoms with Crippen LogP contribution in [-0.4, -0.2) is 76.9 Å². The molecule has 0 radical (unpaired) electrons. The van der Waals surface area contributed by atoms with Gasteiger partial charge in [-0.25, -0.2) is 4.39 Å². The van der Waals surface area contributed by atoms with Gasteiger partial charge in [-0.15, -0.1) is 0 Å². The van der Waals surface area contributed by atoms with Crippen molar-refractivity contribution in [2.24, 2.45) is 5.41 Å². The molecular weight excluding hydrogens is 487 g/mol. The predicted octanol–water partition coefficient (Wildman–Crippen LogP) is 3.32. The number of halogens is 1. The van der Waals surface area contributed by atoms with Crippen LogP contribution in [0.2, 0.25) is 0 Å². The van der Waals surface area contributed by atoms with Crippen LogP contribution in [0.15, 0.2) is 54.6 Å². The number of benzene rings is 2. The number of amides is 1. The monoisotopic (exact) mass is 526 g/mol. The first-order chi connectivity index (χ1) is 18.4. The van der Waals surface area contributed by atoms with Crippen molar-refractivity contribution in [1.29, 1.82) is 0 Å². The molecule has 2 aromatic rings. The summed E-state index contributed by atoms with van der Waals surface area (Å²) in [6.07, 6.45) is 1.08. The number of carbonyl (C=O) groups is 2. The number of piperidine rings is 1. The van der Waals surface area contributed by atoms with Gasteiger partial charge in [0.05, 0.1) is 17.9 Å². The smallest absolute Gasteiger partial charge is 0.312 e. The Balaban J connectivity index is 1.41. The fourth-order valence-electron chi connectivity index (χ4n) is 5.49. The summed E-state index contributed by atoms with van der Waals surface area (Å²) in [5.41, 5.74) is 0.924. The zero-order valence-electron chi connectivity index (χ0n) is 21.9. The summed E-state index contributed by atoms with van der Waals surface area (Å²) in [5.74, 6) is -0.948. The Morgan fingerprint density at radius 3 is 2.37 bits per heavy atom. The molecule has 1 spiro atoms. The Hall–Kier alpha value is -2.81. The minimum atomic E-state index is -1.24. The lowest BCUT2D eigenvalue weighted by Gasteiger charge is -2.40. The predicted molar refractivity (Wildman–Crippen MR) is 142 cm³/mol. The standard InChI is InChI=1S/C30H39FN2O5/c31-25-11-5-4-10-24(25)20-28(36)33-16-7-6-13-30(29(37)38-22-27(35)26(34)12-17-33)14-18-32(19-15-30)21-23-8-2-1-3-9-23/h1-5,8-11,26-27,34-35H,6-7,12-22H2/t26-,27+/m0/s1. The first-order valence-electron chi connectivity index (χ1n) is 13.7. The maximum atomic E-state index is 14.1. The highest BCUT2D eigenvalue weighted by Gasteiger charge is 2.42. The molecule has 4 rings (SSSR count). The highest BCUT2D eigenvalue weighted by molar-refractivity contribution is 5.79. The molecule has 2 saturated heterocycles. The van der Waals surface area contributed by atoms with Crippen LogP contribution in [0, 0.1) is 11.2 Å². The molecule has 2 fully saturated rings. The second-order valence-electron chi connectivity index (χ2n) is 10.7. The molecule has 0 aliphatic carbocycles. The van der Waals surface area contributed by atoms with Crippen molar-refractivity contribution >= 4 is 11.9 Å². The van der Waals surface area contributed by atoms with E-state index in [0.717, 1.165) is 26.1 Å². The summed E-state index contributed by atoms with van der Waals surface area (Å²) in [4.78, 5) is 30.3. The van der Waals surface area contributed by atoms with E-state index in [1.807, 2.05) is 18.2 Å². The Morgan fingerprint density at radius 1 is 0.921 bits per heavy atom. The summed E-state index contributed by atoms with van der Waals surface area (Å²) in [6, 6.07) is 16.5. The molecule has 206 valence electrons. The molecule has 0 bridgehead atoms. The van der Waals surface area contributed by atoms with Gasteiger partial charge in [0.1, 0.15) is 18.5 Å². The Morgan fingerprint density at radius 2 is 1.63 bits per heavy atom. The third-order valence-corrected chi connectivity index (χ3v) is 8.00. The quantitative estimate of drug-likeness (QED) is 0.595. The number of ether oxygens (including phenoxy) is 1. The third kappa shape index (κ3) is 7.40. The molecule has 38 heavy (non-hydrogen) atoms. The van der Waals surface area contributed by atoms with E-state index >= 15 is 0 Å². The second kappa shape index (κ2) is 13.3. The van der Waals surface area contributed by atoms with E-state index in [4.69, 9.17) is 4.74 Å². The average molecular weight is 527 g/mol. The number of hydrogen-bond acceptors (Lipinski definition) is 6. The highest BCUT2D eigenvalue weighted by atomic mass is 19.1.